The number of pyridine rings is 1. The predicted octanol–water partition coefficient (Wildman–Crippen LogP) is 7.45. The number of hydrogen-bond acceptors (Lipinski definition) is 3. The third kappa shape index (κ3) is 6.16. The number of amides is 2. The molecule has 174 valence electrons. The van der Waals surface area contributed by atoms with Gasteiger partial charge in [-0.25, -0.2) is 18.6 Å². The van der Waals surface area contributed by atoms with E-state index in [9.17, 15) is 26.7 Å². The number of rotatable bonds is 5. The van der Waals surface area contributed by atoms with Crippen molar-refractivity contribution in [2.75, 3.05) is 5.32 Å². The molecule has 0 fully saturated rings. The van der Waals surface area contributed by atoms with Gasteiger partial charge in [0.2, 0.25) is 5.88 Å². The highest BCUT2D eigenvalue weighted by molar-refractivity contribution is 6.38. The number of hydrogen-bond donors (Lipinski definition) is 2. The summed E-state index contributed by atoms with van der Waals surface area (Å²) in [5.74, 6) is -2.19. The highest BCUT2D eigenvalue weighted by Crippen LogP contribution is 2.41. The number of aromatic nitrogens is 1. The Morgan fingerprint density at radius 2 is 1.61 bits per heavy atom. The maximum atomic E-state index is 13.6. The molecule has 0 atom stereocenters. The molecule has 0 aliphatic heterocycles. The van der Waals surface area contributed by atoms with Crippen LogP contribution in [0.5, 0.6) is 11.6 Å². The SMILES string of the molecule is O=C(NCc1c(F)cccc1F)Nc1cc(Cl)c(Oc2ncc(C(F)(F)F)cc2Cl)c(Cl)c1. The lowest BCUT2D eigenvalue weighted by atomic mass is 10.2. The van der Waals surface area contributed by atoms with Crippen LogP contribution in [0, 0.1) is 11.6 Å². The quantitative estimate of drug-likeness (QED) is 0.339. The summed E-state index contributed by atoms with van der Waals surface area (Å²) >= 11 is 18.0. The largest absolute Gasteiger partial charge is 0.434 e. The van der Waals surface area contributed by atoms with E-state index in [1.807, 2.05) is 0 Å². The normalized spacial score (nSPS) is 11.3. The van der Waals surface area contributed by atoms with Crippen LogP contribution in [-0.2, 0) is 12.7 Å². The summed E-state index contributed by atoms with van der Waals surface area (Å²) < 4.78 is 70.8. The van der Waals surface area contributed by atoms with Gasteiger partial charge in [0.25, 0.3) is 0 Å². The summed E-state index contributed by atoms with van der Waals surface area (Å²) in [7, 11) is 0. The first-order chi connectivity index (χ1) is 15.5. The van der Waals surface area contributed by atoms with E-state index in [0.717, 1.165) is 12.1 Å². The monoisotopic (exact) mass is 525 g/mol. The van der Waals surface area contributed by atoms with Crippen molar-refractivity contribution in [2.24, 2.45) is 0 Å². The first-order valence-corrected chi connectivity index (χ1v) is 9.96. The molecule has 5 nitrogen and oxygen atoms in total. The van der Waals surface area contributed by atoms with Crippen LogP contribution in [0.25, 0.3) is 0 Å². The first kappa shape index (κ1) is 24.8. The molecule has 0 spiro atoms. The van der Waals surface area contributed by atoms with Crippen LogP contribution in [-0.4, -0.2) is 11.0 Å². The second-order valence-electron chi connectivity index (χ2n) is 6.39. The van der Waals surface area contributed by atoms with E-state index in [1.54, 1.807) is 0 Å². The summed E-state index contributed by atoms with van der Waals surface area (Å²) in [6.07, 6.45) is -4.11. The fourth-order valence-corrected chi connectivity index (χ4v) is 3.30. The van der Waals surface area contributed by atoms with Gasteiger partial charge in [-0.1, -0.05) is 40.9 Å². The second-order valence-corrected chi connectivity index (χ2v) is 7.61. The minimum absolute atomic E-state index is 0.0929. The second kappa shape index (κ2) is 9.98. The van der Waals surface area contributed by atoms with Gasteiger partial charge in [-0.15, -0.1) is 0 Å². The maximum Gasteiger partial charge on any atom is 0.417 e. The Hall–Kier alpha value is -2.82. The molecule has 2 amide bonds. The lowest BCUT2D eigenvalue weighted by molar-refractivity contribution is -0.137. The molecule has 3 aromatic rings. The van der Waals surface area contributed by atoms with E-state index in [2.05, 4.69) is 15.6 Å². The number of carbonyl (C=O) groups is 1. The lowest BCUT2D eigenvalue weighted by Gasteiger charge is -2.14. The highest BCUT2D eigenvalue weighted by atomic mass is 35.5. The van der Waals surface area contributed by atoms with Crippen molar-refractivity contribution in [3.8, 4) is 11.6 Å². The molecule has 1 heterocycles. The van der Waals surface area contributed by atoms with Gasteiger partial charge >= 0.3 is 12.2 Å². The molecule has 0 saturated carbocycles. The fourth-order valence-electron chi connectivity index (χ4n) is 2.53. The first-order valence-electron chi connectivity index (χ1n) is 8.83. The number of benzene rings is 2. The van der Waals surface area contributed by atoms with E-state index < -0.39 is 41.0 Å². The van der Waals surface area contributed by atoms with Crippen molar-refractivity contribution in [3.63, 3.8) is 0 Å². The van der Waals surface area contributed by atoms with Gasteiger partial charge in [0.05, 0.1) is 22.2 Å². The molecule has 0 saturated heterocycles. The summed E-state index contributed by atoms with van der Waals surface area (Å²) in [6, 6.07) is 5.56. The number of nitrogens with one attached hydrogen (secondary N) is 2. The third-order valence-electron chi connectivity index (χ3n) is 4.08. The van der Waals surface area contributed by atoms with Crippen molar-refractivity contribution in [1.82, 2.24) is 10.3 Å². The zero-order valence-corrected chi connectivity index (χ0v) is 18.3. The van der Waals surface area contributed by atoms with Crippen molar-refractivity contribution >= 4 is 46.5 Å². The minimum Gasteiger partial charge on any atom is -0.434 e. The molecular formula is C20H11Cl3F5N3O2. The average molecular weight is 527 g/mol. The van der Waals surface area contributed by atoms with E-state index in [-0.39, 0.29) is 32.9 Å². The molecule has 33 heavy (non-hydrogen) atoms. The van der Waals surface area contributed by atoms with Crippen molar-refractivity contribution in [1.29, 1.82) is 0 Å². The number of halogens is 8. The predicted molar refractivity (Wildman–Crippen MR) is 113 cm³/mol. The molecule has 0 aliphatic rings. The zero-order valence-electron chi connectivity index (χ0n) is 16.0. The lowest BCUT2D eigenvalue weighted by Crippen LogP contribution is -2.29. The molecule has 0 bridgehead atoms. The van der Waals surface area contributed by atoms with Gasteiger partial charge in [-0.3, -0.25) is 0 Å². The van der Waals surface area contributed by atoms with Crippen LogP contribution in [0.2, 0.25) is 15.1 Å². The Morgan fingerprint density at radius 1 is 1.00 bits per heavy atom. The Bertz CT molecular complexity index is 1160. The van der Waals surface area contributed by atoms with Crippen LogP contribution < -0.4 is 15.4 Å². The Morgan fingerprint density at radius 3 is 2.15 bits per heavy atom. The van der Waals surface area contributed by atoms with Gasteiger partial charge in [0.15, 0.2) is 5.75 Å². The molecule has 1 aromatic heterocycles. The van der Waals surface area contributed by atoms with Crippen LogP contribution in [0.15, 0.2) is 42.6 Å². The van der Waals surface area contributed by atoms with Gasteiger partial charge in [0.1, 0.15) is 16.7 Å². The molecule has 0 unspecified atom stereocenters. The van der Waals surface area contributed by atoms with Crippen molar-refractivity contribution in [3.05, 3.63) is 80.4 Å². The summed E-state index contributed by atoms with van der Waals surface area (Å²) in [6.45, 7) is -0.426. The molecule has 0 aliphatic carbocycles. The molecular weight excluding hydrogens is 516 g/mol. The molecule has 2 N–H and O–H groups in total. The Kier molecular flexibility index (Phi) is 7.51. The number of alkyl halides is 3. The average Bonchev–Trinajstić information content (AvgIpc) is 2.70. The topological polar surface area (TPSA) is 63.2 Å². The number of anilines is 1. The van der Waals surface area contributed by atoms with Crippen molar-refractivity contribution < 1.29 is 31.5 Å². The van der Waals surface area contributed by atoms with Gasteiger partial charge in [-0.05, 0) is 30.3 Å². The zero-order chi connectivity index (χ0) is 24.3. The number of ether oxygens (including phenoxy) is 1. The summed E-state index contributed by atoms with van der Waals surface area (Å²) in [4.78, 5) is 15.6. The number of urea groups is 1. The summed E-state index contributed by atoms with van der Waals surface area (Å²) in [5.41, 5.74) is -1.30. The van der Waals surface area contributed by atoms with Crippen LogP contribution in [0.1, 0.15) is 11.1 Å². The summed E-state index contributed by atoms with van der Waals surface area (Å²) in [5, 5.41) is 3.96. The Labute approximate surface area is 198 Å². The fraction of sp³-hybridized carbons (Fsp3) is 0.100. The van der Waals surface area contributed by atoms with Gasteiger partial charge in [0, 0.05) is 17.4 Å². The van der Waals surface area contributed by atoms with Crippen molar-refractivity contribution in [2.45, 2.75) is 12.7 Å². The smallest absolute Gasteiger partial charge is 0.417 e. The molecule has 0 radical (unpaired) electrons. The van der Waals surface area contributed by atoms with Crippen LogP contribution >= 0.6 is 34.8 Å². The van der Waals surface area contributed by atoms with Crippen LogP contribution in [0.4, 0.5) is 32.4 Å². The van der Waals surface area contributed by atoms with Crippen LogP contribution in [0.3, 0.4) is 0 Å². The van der Waals surface area contributed by atoms with E-state index >= 15 is 0 Å². The molecule has 13 heteroatoms. The maximum absolute atomic E-state index is 13.6. The highest BCUT2D eigenvalue weighted by Gasteiger charge is 2.32. The van der Waals surface area contributed by atoms with Gasteiger partial charge in [-0.2, -0.15) is 13.2 Å². The van der Waals surface area contributed by atoms with E-state index in [4.69, 9.17) is 39.5 Å². The molecule has 2 aromatic carbocycles. The Balaban J connectivity index is 1.71. The third-order valence-corrected chi connectivity index (χ3v) is 4.91. The minimum atomic E-state index is -4.64. The number of carbonyl (C=O) groups excluding carboxylic acids is 1. The van der Waals surface area contributed by atoms with E-state index in [1.165, 1.54) is 18.2 Å². The standard InChI is InChI=1S/C20H11Cl3F5N3O2/c21-12-5-10(31-19(32)30-8-11-15(24)2-1-3-16(11)25)6-13(22)17(12)33-18-14(23)4-9(7-29-18)20(26,27)28/h1-7H,8H2,(H2,30,31,32). The number of nitrogens with zero attached hydrogens (tertiary/aromatic N) is 1. The molecule has 3 rings (SSSR count). The van der Waals surface area contributed by atoms with E-state index in [0.29, 0.717) is 12.3 Å². The van der Waals surface area contributed by atoms with Gasteiger partial charge < -0.3 is 15.4 Å².